The van der Waals surface area contributed by atoms with E-state index in [4.69, 9.17) is 4.74 Å². The highest BCUT2D eigenvalue weighted by Gasteiger charge is 2.24. The number of pyridine rings is 1. The Hall–Kier alpha value is -3.41. The minimum Gasteiger partial charge on any atom is -0.444 e. The Morgan fingerprint density at radius 1 is 1.00 bits per heavy atom. The Morgan fingerprint density at radius 3 is 2.43 bits per heavy atom. The van der Waals surface area contributed by atoms with Crippen molar-refractivity contribution in [2.45, 2.75) is 45.4 Å². The molecule has 0 aliphatic heterocycles. The molecule has 2 N–H and O–H groups in total. The van der Waals surface area contributed by atoms with Crippen molar-refractivity contribution >= 4 is 22.8 Å². The largest absolute Gasteiger partial charge is 0.444 e. The number of fused-ring (bicyclic) bond motifs is 1. The predicted molar refractivity (Wildman–Crippen MR) is 117 cm³/mol. The highest BCUT2D eigenvalue weighted by Crippen LogP contribution is 2.17. The highest BCUT2D eigenvalue weighted by molar-refractivity contribution is 5.87. The lowest BCUT2D eigenvalue weighted by Crippen LogP contribution is -2.49. The van der Waals surface area contributed by atoms with Crippen LogP contribution in [0.1, 0.15) is 32.0 Å². The first-order chi connectivity index (χ1) is 14.3. The van der Waals surface area contributed by atoms with E-state index in [0.717, 1.165) is 22.0 Å². The minimum atomic E-state index is -0.773. The Labute approximate surface area is 176 Å². The second-order valence-corrected chi connectivity index (χ2v) is 8.12. The number of nitrogens with zero attached hydrogens (tertiary/aromatic N) is 1. The zero-order valence-corrected chi connectivity index (χ0v) is 17.5. The summed E-state index contributed by atoms with van der Waals surface area (Å²) in [6.45, 7) is 5.63. The van der Waals surface area contributed by atoms with Gasteiger partial charge in [-0.2, -0.15) is 0 Å². The summed E-state index contributed by atoms with van der Waals surface area (Å²) in [5.41, 5.74) is 1.04. The van der Waals surface area contributed by atoms with Crippen LogP contribution in [0, 0.1) is 0 Å². The fraction of sp³-hybridized carbons (Fsp3) is 0.292. The summed E-state index contributed by atoms with van der Waals surface area (Å²) < 4.78 is 5.35. The second-order valence-electron chi connectivity index (χ2n) is 8.12. The average molecular weight is 405 g/mol. The molecule has 0 fully saturated rings. The van der Waals surface area contributed by atoms with Crippen molar-refractivity contribution in [3.05, 3.63) is 78.1 Å². The molecule has 2 amide bonds. The number of benzene rings is 2. The van der Waals surface area contributed by atoms with Crippen molar-refractivity contribution < 1.29 is 14.3 Å². The van der Waals surface area contributed by atoms with E-state index in [-0.39, 0.29) is 12.5 Å². The van der Waals surface area contributed by atoms with Gasteiger partial charge in [0.2, 0.25) is 5.91 Å². The van der Waals surface area contributed by atoms with Gasteiger partial charge in [0.1, 0.15) is 11.6 Å². The molecular weight excluding hydrogens is 378 g/mol. The summed E-state index contributed by atoms with van der Waals surface area (Å²) in [6.07, 6.45) is 1.40. The third kappa shape index (κ3) is 6.30. The van der Waals surface area contributed by atoms with Gasteiger partial charge in [-0.15, -0.1) is 0 Å². The molecule has 0 bridgehead atoms. The molecule has 2 aromatic carbocycles. The molecule has 1 atom stereocenters. The third-order valence-electron chi connectivity index (χ3n) is 4.43. The maximum Gasteiger partial charge on any atom is 0.408 e. The molecule has 0 saturated carbocycles. The zero-order chi connectivity index (χ0) is 21.6. The Bertz CT molecular complexity index is 1010. The molecule has 6 nitrogen and oxygen atoms in total. The van der Waals surface area contributed by atoms with Gasteiger partial charge in [-0.1, -0.05) is 48.5 Å². The van der Waals surface area contributed by atoms with Crippen LogP contribution in [0.2, 0.25) is 0 Å². The second kappa shape index (κ2) is 9.39. The minimum absolute atomic E-state index is 0.282. The maximum absolute atomic E-state index is 12.9. The SMILES string of the molecule is CC(C)(C)OC(=O)N[C@H](Cc1ccc2ccccc2c1)C(=O)NCc1ccccn1. The summed E-state index contributed by atoms with van der Waals surface area (Å²) in [6, 6.07) is 18.8. The molecule has 0 aliphatic rings. The van der Waals surface area contributed by atoms with Crippen molar-refractivity contribution in [3.63, 3.8) is 0 Å². The molecule has 30 heavy (non-hydrogen) atoms. The summed E-state index contributed by atoms with van der Waals surface area (Å²) >= 11 is 0. The molecule has 0 unspecified atom stereocenters. The van der Waals surface area contributed by atoms with Crippen molar-refractivity contribution in [3.8, 4) is 0 Å². The van der Waals surface area contributed by atoms with Crippen LogP contribution in [0.4, 0.5) is 4.79 Å². The number of alkyl carbamates (subject to hydrolysis) is 1. The summed E-state index contributed by atoms with van der Waals surface area (Å²) in [4.78, 5) is 29.4. The van der Waals surface area contributed by atoms with Crippen LogP contribution in [-0.4, -0.2) is 28.6 Å². The van der Waals surface area contributed by atoms with Gasteiger partial charge in [-0.25, -0.2) is 4.79 Å². The number of aromatic nitrogens is 1. The maximum atomic E-state index is 12.9. The molecule has 6 heteroatoms. The van der Waals surface area contributed by atoms with Crippen LogP contribution in [0.5, 0.6) is 0 Å². The van der Waals surface area contributed by atoms with Crippen LogP contribution in [0.15, 0.2) is 66.9 Å². The molecule has 0 radical (unpaired) electrons. The lowest BCUT2D eigenvalue weighted by atomic mass is 10.0. The van der Waals surface area contributed by atoms with Gasteiger partial charge < -0.3 is 15.4 Å². The zero-order valence-electron chi connectivity index (χ0n) is 17.5. The fourth-order valence-corrected chi connectivity index (χ4v) is 3.06. The van der Waals surface area contributed by atoms with E-state index >= 15 is 0 Å². The van der Waals surface area contributed by atoms with E-state index in [1.807, 2.05) is 60.7 Å². The first-order valence-corrected chi connectivity index (χ1v) is 9.95. The molecule has 0 saturated heterocycles. The summed E-state index contributed by atoms with van der Waals surface area (Å²) in [7, 11) is 0. The third-order valence-corrected chi connectivity index (χ3v) is 4.43. The number of hydrogen-bond acceptors (Lipinski definition) is 4. The smallest absolute Gasteiger partial charge is 0.408 e. The topological polar surface area (TPSA) is 80.3 Å². The number of hydrogen-bond donors (Lipinski definition) is 2. The molecule has 0 spiro atoms. The molecule has 3 aromatic rings. The number of nitrogens with one attached hydrogen (secondary N) is 2. The molecule has 156 valence electrons. The van der Waals surface area contributed by atoms with Crippen LogP contribution >= 0.6 is 0 Å². The van der Waals surface area contributed by atoms with Crippen LogP contribution in [0.3, 0.4) is 0 Å². The van der Waals surface area contributed by atoms with Crippen molar-refractivity contribution in [1.29, 1.82) is 0 Å². The summed E-state index contributed by atoms with van der Waals surface area (Å²) in [5, 5.41) is 7.77. The number of amides is 2. The van der Waals surface area contributed by atoms with Gasteiger partial charge in [0.25, 0.3) is 0 Å². The van der Waals surface area contributed by atoms with E-state index in [9.17, 15) is 9.59 Å². The number of carbonyl (C=O) groups is 2. The van der Waals surface area contributed by atoms with Crippen molar-refractivity contribution in [2.75, 3.05) is 0 Å². The molecule has 0 aliphatic carbocycles. The predicted octanol–water partition coefficient (Wildman–Crippen LogP) is 3.99. The summed E-state index contributed by atoms with van der Waals surface area (Å²) in [5.74, 6) is -0.292. The average Bonchev–Trinajstić information content (AvgIpc) is 2.71. The van der Waals surface area contributed by atoms with E-state index in [1.165, 1.54) is 0 Å². The number of rotatable bonds is 6. The monoisotopic (exact) mass is 405 g/mol. The lowest BCUT2D eigenvalue weighted by molar-refractivity contribution is -0.123. The Balaban J connectivity index is 1.74. The van der Waals surface area contributed by atoms with E-state index in [2.05, 4.69) is 15.6 Å². The Morgan fingerprint density at radius 2 is 1.73 bits per heavy atom. The quantitative estimate of drug-likeness (QED) is 0.650. The van der Waals surface area contributed by atoms with Crippen LogP contribution < -0.4 is 10.6 Å². The van der Waals surface area contributed by atoms with E-state index < -0.39 is 17.7 Å². The lowest BCUT2D eigenvalue weighted by Gasteiger charge is -2.23. The van der Waals surface area contributed by atoms with Gasteiger partial charge in [-0.3, -0.25) is 9.78 Å². The highest BCUT2D eigenvalue weighted by atomic mass is 16.6. The van der Waals surface area contributed by atoms with Crippen LogP contribution in [0.25, 0.3) is 10.8 Å². The molecule has 1 aromatic heterocycles. The molecule has 1 heterocycles. The van der Waals surface area contributed by atoms with E-state index in [0.29, 0.717) is 6.42 Å². The fourth-order valence-electron chi connectivity index (χ4n) is 3.06. The molecular formula is C24H27N3O3. The standard InChI is InChI=1S/C24H27N3O3/c1-24(2,3)30-23(29)27-21(22(28)26-16-20-10-6-7-13-25-20)15-17-11-12-18-8-4-5-9-19(18)14-17/h4-14,21H,15-16H2,1-3H3,(H,26,28)(H,27,29)/t21-/m1/s1. The molecule has 3 rings (SSSR count). The number of carbonyl (C=O) groups excluding carboxylic acids is 2. The normalized spacial score (nSPS) is 12.2. The van der Waals surface area contributed by atoms with Crippen molar-refractivity contribution in [1.82, 2.24) is 15.6 Å². The van der Waals surface area contributed by atoms with Gasteiger partial charge in [0, 0.05) is 12.6 Å². The van der Waals surface area contributed by atoms with Gasteiger partial charge in [0.05, 0.1) is 12.2 Å². The van der Waals surface area contributed by atoms with Crippen LogP contribution in [-0.2, 0) is 22.5 Å². The van der Waals surface area contributed by atoms with Gasteiger partial charge in [0.15, 0.2) is 0 Å². The first-order valence-electron chi connectivity index (χ1n) is 9.95. The van der Waals surface area contributed by atoms with E-state index in [1.54, 1.807) is 27.0 Å². The van der Waals surface area contributed by atoms with Gasteiger partial charge in [-0.05, 0) is 49.2 Å². The van der Waals surface area contributed by atoms with Crippen molar-refractivity contribution in [2.24, 2.45) is 0 Å². The number of ether oxygens (including phenoxy) is 1. The first kappa shape index (κ1) is 21.3. The Kier molecular flexibility index (Phi) is 6.67. The van der Waals surface area contributed by atoms with Gasteiger partial charge >= 0.3 is 6.09 Å².